The third-order valence-corrected chi connectivity index (χ3v) is 2.91. The molecule has 7 heteroatoms. The van der Waals surface area contributed by atoms with Crippen molar-refractivity contribution >= 4 is 23.6 Å². The van der Waals surface area contributed by atoms with Gasteiger partial charge in [0.2, 0.25) is 0 Å². The van der Waals surface area contributed by atoms with Crippen LogP contribution < -0.4 is 9.64 Å². The van der Waals surface area contributed by atoms with Crippen molar-refractivity contribution in [3.05, 3.63) is 24.3 Å². The molecule has 1 saturated heterocycles. The van der Waals surface area contributed by atoms with E-state index in [9.17, 15) is 14.4 Å². The highest BCUT2D eigenvalue weighted by molar-refractivity contribution is 6.02. The number of hydroxylamine groups is 2. The van der Waals surface area contributed by atoms with Gasteiger partial charge in [0.25, 0.3) is 11.8 Å². The first-order valence-corrected chi connectivity index (χ1v) is 5.98. The topological polar surface area (TPSA) is 76.2 Å². The van der Waals surface area contributed by atoms with E-state index in [4.69, 9.17) is 9.57 Å². The minimum Gasteiger partial charge on any atom is -0.497 e. The highest BCUT2D eigenvalue weighted by Gasteiger charge is 2.33. The quantitative estimate of drug-likeness (QED) is 0.780. The molecule has 0 saturated carbocycles. The van der Waals surface area contributed by atoms with Crippen molar-refractivity contribution in [2.75, 3.05) is 19.1 Å². The second kappa shape index (κ2) is 5.60. The molecule has 0 aliphatic carbocycles. The number of rotatable bonds is 3. The fourth-order valence-corrected chi connectivity index (χ4v) is 1.71. The summed E-state index contributed by atoms with van der Waals surface area (Å²) in [6, 6.07) is 6.69. The number of nitrogens with zero attached hydrogens (tertiary/aromatic N) is 2. The highest BCUT2D eigenvalue weighted by atomic mass is 16.7. The molecule has 0 bridgehead atoms. The van der Waals surface area contributed by atoms with Crippen LogP contribution in [0.25, 0.3) is 0 Å². The number of methoxy groups -OCH3 is 1. The Morgan fingerprint density at radius 3 is 2.20 bits per heavy atom. The van der Waals surface area contributed by atoms with Gasteiger partial charge in [0.15, 0.2) is 0 Å². The van der Waals surface area contributed by atoms with Crippen molar-refractivity contribution in [2.45, 2.75) is 12.8 Å². The van der Waals surface area contributed by atoms with E-state index >= 15 is 0 Å². The molecule has 0 atom stereocenters. The van der Waals surface area contributed by atoms with Gasteiger partial charge in [-0.15, -0.1) is 5.06 Å². The van der Waals surface area contributed by atoms with E-state index < -0.39 is 17.9 Å². The van der Waals surface area contributed by atoms with Gasteiger partial charge in [0.1, 0.15) is 5.75 Å². The summed E-state index contributed by atoms with van der Waals surface area (Å²) in [6.07, 6.45) is -0.671. The van der Waals surface area contributed by atoms with Gasteiger partial charge in [0, 0.05) is 25.6 Å². The van der Waals surface area contributed by atoms with Gasteiger partial charge in [0.05, 0.1) is 7.11 Å². The van der Waals surface area contributed by atoms with Crippen molar-refractivity contribution in [3.63, 3.8) is 0 Å². The first-order chi connectivity index (χ1) is 9.52. The minimum absolute atomic E-state index is 0.0678. The standard InChI is InChI=1S/C13H14N2O5/c1-14(9-3-5-10(19-2)6-4-9)13(18)20-15-11(16)7-8-12(15)17/h3-6H,7-8H2,1-2H3. The maximum absolute atomic E-state index is 11.9. The van der Waals surface area contributed by atoms with Gasteiger partial charge in [-0.05, 0) is 24.3 Å². The molecule has 7 nitrogen and oxygen atoms in total. The zero-order valence-corrected chi connectivity index (χ0v) is 11.2. The molecule has 3 amide bonds. The van der Waals surface area contributed by atoms with E-state index in [1.807, 2.05) is 0 Å². The third kappa shape index (κ3) is 2.71. The number of benzene rings is 1. The molecule has 0 unspecified atom stereocenters. The van der Waals surface area contributed by atoms with Gasteiger partial charge in [-0.25, -0.2) is 4.79 Å². The minimum atomic E-state index is -0.807. The number of carbonyl (C=O) groups excluding carboxylic acids is 3. The lowest BCUT2D eigenvalue weighted by molar-refractivity contribution is -0.170. The van der Waals surface area contributed by atoms with Crippen LogP contribution in [-0.2, 0) is 14.4 Å². The molecule has 1 aromatic carbocycles. The normalized spacial score (nSPS) is 14.4. The fraction of sp³-hybridized carbons (Fsp3) is 0.308. The Balaban J connectivity index is 2.04. The predicted octanol–water partition coefficient (Wildman–Crippen LogP) is 1.33. The zero-order valence-electron chi connectivity index (χ0n) is 11.2. The molecular formula is C13H14N2O5. The van der Waals surface area contributed by atoms with Crippen molar-refractivity contribution in [1.29, 1.82) is 0 Å². The van der Waals surface area contributed by atoms with E-state index in [2.05, 4.69) is 0 Å². The van der Waals surface area contributed by atoms with Crippen molar-refractivity contribution < 1.29 is 24.0 Å². The monoisotopic (exact) mass is 278 g/mol. The molecule has 0 N–H and O–H groups in total. The average molecular weight is 278 g/mol. The Kier molecular flexibility index (Phi) is 3.88. The Labute approximate surface area is 115 Å². The molecule has 1 aliphatic heterocycles. The van der Waals surface area contributed by atoms with Crippen LogP contribution in [0.2, 0.25) is 0 Å². The highest BCUT2D eigenvalue weighted by Crippen LogP contribution is 2.20. The Morgan fingerprint density at radius 2 is 1.70 bits per heavy atom. The SMILES string of the molecule is COc1ccc(N(C)C(=O)ON2C(=O)CCC2=O)cc1. The summed E-state index contributed by atoms with van der Waals surface area (Å²) in [4.78, 5) is 40.6. The number of carbonyl (C=O) groups is 3. The summed E-state index contributed by atoms with van der Waals surface area (Å²) in [6.45, 7) is 0. The van der Waals surface area contributed by atoms with Crippen LogP contribution in [0.5, 0.6) is 5.75 Å². The number of anilines is 1. The Morgan fingerprint density at radius 1 is 1.15 bits per heavy atom. The number of amides is 3. The maximum Gasteiger partial charge on any atom is 0.439 e. The average Bonchev–Trinajstić information content (AvgIpc) is 2.78. The lowest BCUT2D eigenvalue weighted by atomic mass is 10.3. The van der Waals surface area contributed by atoms with E-state index in [-0.39, 0.29) is 12.8 Å². The molecule has 1 aliphatic rings. The molecule has 2 rings (SSSR count). The first kappa shape index (κ1) is 13.9. The zero-order chi connectivity index (χ0) is 14.7. The van der Waals surface area contributed by atoms with Crippen molar-refractivity contribution in [2.24, 2.45) is 0 Å². The number of hydrogen-bond acceptors (Lipinski definition) is 5. The fourth-order valence-electron chi connectivity index (χ4n) is 1.71. The van der Waals surface area contributed by atoms with Crippen molar-refractivity contribution in [1.82, 2.24) is 5.06 Å². The number of ether oxygens (including phenoxy) is 1. The molecule has 0 radical (unpaired) electrons. The lowest BCUT2D eigenvalue weighted by Crippen LogP contribution is -2.38. The molecule has 0 spiro atoms. The van der Waals surface area contributed by atoms with E-state index in [0.29, 0.717) is 16.5 Å². The van der Waals surface area contributed by atoms with Crippen LogP contribution in [0.1, 0.15) is 12.8 Å². The molecule has 20 heavy (non-hydrogen) atoms. The lowest BCUT2D eigenvalue weighted by Gasteiger charge is -2.20. The number of imide groups is 1. The molecule has 0 aromatic heterocycles. The molecule has 106 valence electrons. The molecule has 1 fully saturated rings. The second-order valence-corrected chi connectivity index (χ2v) is 4.20. The van der Waals surface area contributed by atoms with Gasteiger partial charge < -0.3 is 9.57 Å². The summed E-state index contributed by atoms with van der Waals surface area (Å²) in [5.41, 5.74) is 0.551. The van der Waals surface area contributed by atoms with Gasteiger partial charge in [-0.1, -0.05) is 0 Å². The van der Waals surface area contributed by atoms with Gasteiger partial charge >= 0.3 is 6.09 Å². The predicted molar refractivity (Wildman–Crippen MR) is 69.0 cm³/mol. The largest absolute Gasteiger partial charge is 0.497 e. The second-order valence-electron chi connectivity index (χ2n) is 4.20. The van der Waals surface area contributed by atoms with Gasteiger partial charge in [-0.2, -0.15) is 0 Å². The van der Waals surface area contributed by atoms with Crippen LogP contribution in [0.3, 0.4) is 0 Å². The van der Waals surface area contributed by atoms with Crippen LogP contribution in [0.15, 0.2) is 24.3 Å². The smallest absolute Gasteiger partial charge is 0.439 e. The summed E-state index contributed by atoms with van der Waals surface area (Å²) >= 11 is 0. The Hall–Kier alpha value is -2.57. The summed E-state index contributed by atoms with van der Waals surface area (Å²) in [5.74, 6) is -0.363. The van der Waals surface area contributed by atoms with Gasteiger partial charge in [-0.3, -0.25) is 14.5 Å². The first-order valence-electron chi connectivity index (χ1n) is 5.98. The van der Waals surface area contributed by atoms with Crippen LogP contribution in [0, 0.1) is 0 Å². The molecule has 1 aromatic rings. The maximum atomic E-state index is 11.9. The Bertz CT molecular complexity index is 524. The van der Waals surface area contributed by atoms with Crippen LogP contribution in [-0.4, -0.2) is 37.1 Å². The summed E-state index contributed by atoms with van der Waals surface area (Å²) in [5, 5.41) is 0.516. The molecule has 1 heterocycles. The van der Waals surface area contributed by atoms with Crippen LogP contribution >= 0.6 is 0 Å². The third-order valence-electron chi connectivity index (χ3n) is 2.91. The van der Waals surface area contributed by atoms with Crippen LogP contribution in [0.4, 0.5) is 10.5 Å². The van der Waals surface area contributed by atoms with E-state index in [1.165, 1.54) is 19.1 Å². The molecular weight excluding hydrogens is 264 g/mol. The summed E-state index contributed by atoms with van der Waals surface area (Å²) in [7, 11) is 3.02. The van der Waals surface area contributed by atoms with E-state index in [0.717, 1.165) is 0 Å². The van der Waals surface area contributed by atoms with E-state index in [1.54, 1.807) is 24.3 Å². The number of hydrogen-bond donors (Lipinski definition) is 0. The van der Waals surface area contributed by atoms with Crippen molar-refractivity contribution in [3.8, 4) is 5.75 Å². The summed E-state index contributed by atoms with van der Waals surface area (Å²) < 4.78 is 5.01.